The summed E-state index contributed by atoms with van der Waals surface area (Å²) in [4.78, 5) is 3.25. The van der Waals surface area contributed by atoms with Gasteiger partial charge in [-0.2, -0.15) is 13.2 Å². The standard InChI is InChI=1S/C12H18F3N3O/c1-7(2)3-8(6-19)18-10-4-11(12(13,14)15)17-5-9(10)16/h4-5,7-8,19H,3,6,16H2,1-2H3,(H,17,18). The molecule has 19 heavy (non-hydrogen) atoms. The molecule has 4 nitrogen and oxygen atoms in total. The quantitative estimate of drug-likeness (QED) is 0.773. The third kappa shape index (κ3) is 4.59. The summed E-state index contributed by atoms with van der Waals surface area (Å²) in [6, 6.07) is 0.518. The minimum Gasteiger partial charge on any atom is -0.396 e. The topological polar surface area (TPSA) is 71.2 Å². The van der Waals surface area contributed by atoms with Crippen LogP contribution < -0.4 is 11.1 Å². The third-order valence-corrected chi connectivity index (χ3v) is 2.56. The van der Waals surface area contributed by atoms with Crippen LogP contribution in [0.4, 0.5) is 24.5 Å². The fourth-order valence-corrected chi connectivity index (χ4v) is 1.71. The number of hydrogen-bond donors (Lipinski definition) is 3. The van der Waals surface area contributed by atoms with Crippen molar-refractivity contribution in [1.29, 1.82) is 0 Å². The summed E-state index contributed by atoms with van der Waals surface area (Å²) in [5.74, 6) is 0.301. The first kappa shape index (κ1) is 15.6. The fraction of sp³-hybridized carbons (Fsp3) is 0.583. The Morgan fingerprint density at radius 1 is 1.42 bits per heavy atom. The van der Waals surface area contributed by atoms with Crippen molar-refractivity contribution in [1.82, 2.24) is 4.98 Å². The largest absolute Gasteiger partial charge is 0.433 e. The van der Waals surface area contributed by atoms with E-state index in [0.29, 0.717) is 12.3 Å². The number of nitrogens with two attached hydrogens (primary N) is 1. The van der Waals surface area contributed by atoms with Gasteiger partial charge in [-0.1, -0.05) is 13.8 Å². The number of pyridine rings is 1. The molecule has 0 bridgehead atoms. The molecule has 0 saturated carbocycles. The van der Waals surface area contributed by atoms with E-state index in [4.69, 9.17) is 5.73 Å². The van der Waals surface area contributed by atoms with Crippen LogP contribution in [0.25, 0.3) is 0 Å². The molecule has 0 aliphatic rings. The summed E-state index contributed by atoms with van der Waals surface area (Å²) in [7, 11) is 0. The Kier molecular flexibility index (Phi) is 4.99. The molecule has 0 amide bonds. The molecule has 1 heterocycles. The van der Waals surface area contributed by atoms with Gasteiger partial charge >= 0.3 is 6.18 Å². The number of alkyl halides is 3. The molecule has 0 fully saturated rings. The van der Waals surface area contributed by atoms with Crippen molar-refractivity contribution in [3.05, 3.63) is 18.0 Å². The Morgan fingerprint density at radius 2 is 2.05 bits per heavy atom. The number of hydrogen-bond acceptors (Lipinski definition) is 4. The Morgan fingerprint density at radius 3 is 2.53 bits per heavy atom. The van der Waals surface area contributed by atoms with E-state index in [0.717, 1.165) is 12.3 Å². The Hall–Kier alpha value is -1.50. The Labute approximate surface area is 109 Å². The average molecular weight is 277 g/mol. The molecule has 1 atom stereocenters. The maximum absolute atomic E-state index is 12.5. The number of aliphatic hydroxyl groups is 1. The lowest BCUT2D eigenvalue weighted by atomic mass is 10.0. The molecule has 0 aliphatic heterocycles. The molecule has 1 aromatic rings. The number of nitrogens with one attached hydrogen (secondary N) is 1. The second-order valence-electron chi connectivity index (χ2n) is 4.81. The summed E-state index contributed by atoms with van der Waals surface area (Å²) >= 11 is 0. The highest BCUT2D eigenvalue weighted by Crippen LogP contribution is 2.31. The molecule has 0 saturated heterocycles. The van der Waals surface area contributed by atoms with Crippen molar-refractivity contribution in [3.8, 4) is 0 Å². The smallest absolute Gasteiger partial charge is 0.396 e. The van der Waals surface area contributed by atoms with Crippen LogP contribution in [0.15, 0.2) is 12.3 Å². The average Bonchev–Trinajstić information content (AvgIpc) is 2.28. The predicted octanol–water partition coefficient (Wildman–Crippen LogP) is 2.50. The zero-order chi connectivity index (χ0) is 14.6. The molecular weight excluding hydrogens is 259 g/mol. The van der Waals surface area contributed by atoms with E-state index in [1.807, 2.05) is 13.8 Å². The highest BCUT2D eigenvalue weighted by Gasteiger charge is 2.33. The zero-order valence-electron chi connectivity index (χ0n) is 10.8. The molecule has 0 spiro atoms. The van der Waals surface area contributed by atoms with E-state index in [2.05, 4.69) is 10.3 Å². The second kappa shape index (κ2) is 6.10. The molecule has 0 aliphatic carbocycles. The van der Waals surface area contributed by atoms with Crippen LogP contribution in [0.5, 0.6) is 0 Å². The normalized spacial score (nSPS) is 13.6. The molecule has 108 valence electrons. The minimum atomic E-state index is -4.52. The zero-order valence-corrected chi connectivity index (χ0v) is 10.8. The number of nitrogens with zero attached hydrogens (tertiary/aromatic N) is 1. The summed E-state index contributed by atoms with van der Waals surface area (Å²) in [6.07, 6.45) is -2.93. The molecule has 7 heteroatoms. The second-order valence-corrected chi connectivity index (χ2v) is 4.81. The van der Waals surface area contributed by atoms with E-state index in [1.54, 1.807) is 0 Å². The van der Waals surface area contributed by atoms with Crippen molar-refractivity contribution in [2.24, 2.45) is 5.92 Å². The Balaban J connectivity index is 2.93. The number of nitrogen functional groups attached to an aromatic ring is 1. The van der Waals surface area contributed by atoms with Crippen molar-refractivity contribution < 1.29 is 18.3 Å². The molecule has 1 rings (SSSR count). The first-order valence-electron chi connectivity index (χ1n) is 5.94. The maximum Gasteiger partial charge on any atom is 0.433 e. The van der Waals surface area contributed by atoms with E-state index in [-0.39, 0.29) is 24.0 Å². The number of anilines is 2. The fourth-order valence-electron chi connectivity index (χ4n) is 1.71. The van der Waals surface area contributed by atoms with Crippen molar-refractivity contribution in [2.45, 2.75) is 32.5 Å². The van der Waals surface area contributed by atoms with Gasteiger partial charge in [0.25, 0.3) is 0 Å². The number of halogens is 3. The molecule has 1 unspecified atom stereocenters. The highest BCUT2D eigenvalue weighted by atomic mass is 19.4. The Bertz CT molecular complexity index is 421. The SMILES string of the molecule is CC(C)CC(CO)Nc1cc(C(F)(F)F)ncc1N. The lowest BCUT2D eigenvalue weighted by Crippen LogP contribution is -2.26. The van der Waals surface area contributed by atoms with Gasteiger partial charge in [-0.15, -0.1) is 0 Å². The van der Waals surface area contributed by atoms with Gasteiger partial charge in [-0.25, -0.2) is 4.98 Å². The summed E-state index contributed by atoms with van der Waals surface area (Å²) in [6.45, 7) is 3.74. The van der Waals surface area contributed by atoms with Gasteiger partial charge < -0.3 is 16.2 Å². The van der Waals surface area contributed by atoms with Gasteiger partial charge in [0.05, 0.1) is 24.2 Å². The van der Waals surface area contributed by atoms with E-state index in [9.17, 15) is 18.3 Å². The molecule has 0 radical (unpaired) electrons. The van der Waals surface area contributed by atoms with Crippen LogP contribution in [0, 0.1) is 5.92 Å². The van der Waals surface area contributed by atoms with E-state index >= 15 is 0 Å². The van der Waals surface area contributed by atoms with Crippen LogP contribution in [0.1, 0.15) is 26.0 Å². The number of aliphatic hydroxyl groups excluding tert-OH is 1. The van der Waals surface area contributed by atoms with Crippen LogP contribution in [0.2, 0.25) is 0 Å². The van der Waals surface area contributed by atoms with Gasteiger partial charge in [0, 0.05) is 6.04 Å². The van der Waals surface area contributed by atoms with Crippen LogP contribution >= 0.6 is 0 Å². The lowest BCUT2D eigenvalue weighted by Gasteiger charge is -2.21. The van der Waals surface area contributed by atoms with Gasteiger partial charge in [0.1, 0.15) is 5.69 Å². The van der Waals surface area contributed by atoms with Crippen molar-refractivity contribution in [3.63, 3.8) is 0 Å². The summed E-state index contributed by atoms with van der Waals surface area (Å²) in [5.41, 5.74) is 4.85. The number of rotatable bonds is 5. The minimum absolute atomic E-state index is 0.121. The van der Waals surface area contributed by atoms with Gasteiger partial charge in [0.2, 0.25) is 0 Å². The van der Waals surface area contributed by atoms with E-state index < -0.39 is 11.9 Å². The molecule has 1 aromatic heterocycles. The van der Waals surface area contributed by atoms with E-state index in [1.165, 1.54) is 0 Å². The van der Waals surface area contributed by atoms with Crippen LogP contribution in [-0.4, -0.2) is 22.7 Å². The first-order valence-corrected chi connectivity index (χ1v) is 5.94. The maximum atomic E-state index is 12.5. The summed E-state index contributed by atoms with van der Waals surface area (Å²) < 4.78 is 37.6. The number of aromatic nitrogens is 1. The van der Waals surface area contributed by atoms with Crippen LogP contribution in [-0.2, 0) is 6.18 Å². The third-order valence-electron chi connectivity index (χ3n) is 2.56. The van der Waals surface area contributed by atoms with Crippen molar-refractivity contribution in [2.75, 3.05) is 17.7 Å². The van der Waals surface area contributed by atoms with Gasteiger partial charge in [-0.05, 0) is 18.4 Å². The van der Waals surface area contributed by atoms with Gasteiger partial charge in [-0.3, -0.25) is 0 Å². The predicted molar refractivity (Wildman–Crippen MR) is 67.6 cm³/mol. The first-order chi connectivity index (χ1) is 8.74. The lowest BCUT2D eigenvalue weighted by molar-refractivity contribution is -0.141. The summed E-state index contributed by atoms with van der Waals surface area (Å²) in [5, 5.41) is 12.0. The molecule has 0 aromatic carbocycles. The monoisotopic (exact) mass is 277 g/mol. The molecule has 4 N–H and O–H groups in total. The van der Waals surface area contributed by atoms with Crippen molar-refractivity contribution >= 4 is 11.4 Å². The molecular formula is C12H18F3N3O. The van der Waals surface area contributed by atoms with Gasteiger partial charge in [0.15, 0.2) is 0 Å². The van der Waals surface area contributed by atoms with Crippen LogP contribution in [0.3, 0.4) is 0 Å². The highest BCUT2D eigenvalue weighted by molar-refractivity contribution is 5.65.